The van der Waals surface area contributed by atoms with Gasteiger partial charge in [-0.15, -0.1) is 0 Å². The molecule has 0 saturated carbocycles. The Kier molecular flexibility index (Phi) is 6.04. The highest BCUT2D eigenvalue weighted by atomic mass is 16.7. The molecule has 30 heavy (non-hydrogen) atoms. The van der Waals surface area contributed by atoms with E-state index >= 15 is 0 Å². The second-order valence-corrected chi connectivity index (χ2v) is 7.15. The number of ether oxygens (including phenoxy) is 4. The normalized spacial score (nSPS) is 17.3. The summed E-state index contributed by atoms with van der Waals surface area (Å²) in [5.74, 6) is 1.43. The minimum Gasteiger partial charge on any atom is -0.491 e. The zero-order valence-corrected chi connectivity index (χ0v) is 16.8. The highest BCUT2D eigenvalue weighted by Crippen LogP contribution is 2.37. The smallest absolute Gasteiger partial charge is 0.231 e. The molecular formula is C22H24N2O6. The number of methoxy groups -OCH3 is 1. The van der Waals surface area contributed by atoms with Crippen LogP contribution >= 0.6 is 0 Å². The van der Waals surface area contributed by atoms with E-state index in [9.17, 15) is 9.59 Å². The van der Waals surface area contributed by atoms with Crippen molar-refractivity contribution >= 4 is 17.5 Å². The lowest BCUT2D eigenvalue weighted by atomic mass is 10.1. The Labute approximate surface area is 174 Å². The number of hydrogen-bond acceptors (Lipinski definition) is 6. The van der Waals surface area contributed by atoms with Crippen LogP contribution in [0.15, 0.2) is 42.5 Å². The summed E-state index contributed by atoms with van der Waals surface area (Å²) in [7, 11) is 1.63. The maximum atomic E-state index is 12.6. The van der Waals surface area contributed by atoms with Gasteiger partial charge in [0.05, 0.1) is 12.5 Å². The number of nitrogens with zero attached hydrogens (tertiary/aromatic N) is 1. The second kappa shape index (κ2) is 9.04. The summed E-state index contributed by atoms with van der Waals surface area (Å²) in [4.78, 5) is 26.7. The van der Waals surface area contributed by atoms with Crippen molar-refractivity contribution in [1.29, 1.82) is 0 Å². The van der Waals surface area contributed by atoms with E-state index in [0.717, 1.165) is 11.3 Å². The topological polar surface area (TPSA) is 86.3 Å². The van der Waals surface area contributed by atoms with Gasteiger partial charge in [0, 0.05) is 38.4 Å². The predicted octanol–water partition coefficient (Wildman–Crippen LogP) is 2.11. The van der Waals surface area contributed by atoms with Crippen LogP contribution in [-0.4, -0.2) is 45.5 Å². The summed E-state index contributed by atoms with van der Waals surface area (Å²) >= 11 is 0. The first-order valence-electron chi connectivity index (χ1n) is 9.82. The summed E-state index contributed by atoms with van der Waals surface area (Å²) in [5, 5.41) is 2.92. The molecule has 1 unspecified atom stereocenters. The molecule has 8 heteroatoms. The van der Waals surface area contributed by atoms with E-state index in [-0.39, 0.29) is 30.9 Å². The number of carbonyl (C=O) groups is 2. The van der Waals surface area contributed by atoms with Crippen LogP contribution in [0.5, 0.6) is 17.2 Å². The average molecular weight is 412 g/mol. The number of carbonyl (C=O) groups excluding carboxylic acids is 2. The maximum absolute atomic E-state index is 12.6. The van der Waals surface area contributed by atoms with Gasteiger partial charge in [0.15, 0.2) is 11.5 Å². The third-order valence-corrected chi connectivity index (χ3v) is 5.11. The highest BCUT2D eigenvalue weighted by molar-refractivity contribution is 6.00. The Balaban J connectivity index is 1.29. The fourth-order valence-electron chi connectivity index (χ4n) is 3.47. The van der Waals surface area contributed by atoms with Gasteiger partial charge in [-0.2, -0.15) is 0 Å². The number of amides is 2. The first-order valence-corrected chi connectivity index (χ1v) is 9.82. The zero-order valence-electron chi connectivity index (χ0n) is 16.8. The number of hydrogen-bond donors (Lipinski definition) is 1. The van der Waals surface area contributed by atoms with Gasteiger partial charge in [0.25, 0.3) is 0 Å². The van der Waals surface area contributed by atoms with Crippen LogP contribution < -0.4 is 24.4 Å². The van der Waals surface area contributed by atoms with E-state index in [4.69, 9.17) is 18.9 Å². The minimum absolute atomic E-state index is 0.0772. The van der Waals surface area contributed by atoms with Gasteiger partial charge in [-0.1, -0.05) is 12.1 Å². The van der Waals surface area contributed by atoms with Gasteiger partial charge in [0.2, 0.25) is 18.6 Å². The number of nitrogens with one attached hydrogen (secondary N) is 1. The Hall–Kier alpha value is -3.26. The lowest BCUT2D eigenvalue weighted by Crippen LogP contribution is -2.32. The average Bonchev–Trinajstić information content (AvgIpc) is 3.39. The number of benzene rings is 2. The van der Waals surface area contributed by atoms with Gasteiger partial charge in [0.1, 0.15) is 12.4 Å². The summed E-state index contributed by atoms with van der Waals surface area (Å²) in [6, 6.07) is 12.9. The molecule has 0 aliphatic carbocycles. The minimum atomic E-state index is -0.389. The molecule has 0 spiro atoms. The molecule has 1 fully saturated rings. The molecule has 2 heterocycles. The Morgan fingerprint density at radius 2 is 1.93 bits per heavy atom. The highest BCUT2D eigenvalue weighted by Gasteiger charge is 2.35. The van der Waals surface area contributed by atoms with Gasteiger partial charge >= 0.3 is 0 Å². The third-order valence-electron chi connectivity index (χ3n) is 5.11. The molecular weight excluding hydrogens is 388 g/mol. The molecule has 0 aromatic heterocycles. The largest absolute Gasteiger partial charge is 0.491 e. The van der Waals surface area contributed by atoms with Crippen LogP contribution in [0.4, 0.5) is 5.69 Å². The van der Waals surface area contributed by atoms with E-state index in [1.54, 1.807) is 24.1 Å². The molecule has 4 rings (SSSR count). The molecule has 2 aliphatic rings. The Morgan fingerprint density at radius 3 is 2.73 bits per heavy atom. The van der Waals surface area contributed by atoms with Crippen LogP contribution in [0, 0.1) is 5.92 Å². The monoisotopic (exact) mass is 412 g/mol. The zero-order chi connectivity index (χ0) is 20.9. The SMILES string of the molecule is COCCOc1ccc(CNC(=O)C2CC(=O)N(c3ccc4c(c3)OCO4)C2)cc1. The Morgan fingerprint density at radius 1 is 1.13 bits per heavy atom. The van der Waals surface area contributed by atoms with Crippen LogP contribution in [-0.2, 0) is 20.9 Å². The molecule has 1 saturated heterocycles. The quantitative estimate of drug-likeness (QED) is 0.669. The molecule has 2 aliphatic heterocycles. The molecule has 1 N–H and O–H groups in total. The number of rotatable bonds is 8. The summed E-state index contributed by atoms with van der Waals surface area (Å²) in [5.41, 5.74) is 1.67. The summed E-state index contributed by atoms with van der Waals surface area (Å²) in [6.45, 7) is 1.93. The second-order valence-electron chi connectivity index (χ2n) is 7.15. The van der Waals surface area contributed by atoms with Crippen LogP contribution in [0.3, 0.4) is 0 Å². The number of fused-ring (bicyclic) bond motifs is 1. The predicted molar refractivity (Wildman–Crippen MR) is 109 cm³/mol. The van der Waals surface area contributed by atoms with Crippen molar-refractivity contribution in [1.82, 2.24) is 5.32 Å². The van der Waals surface area contributed by atoms with Crippen molar-refractivity contribution in [3.8, 4) is 17.2 Å². The molecule has 158 valence electrons. The fraction of sp³-hybridized carbons (Fsp3) is 0.364. The van der Waals surface area contributed by atoms with Gasteiger partial charge < -0.3 is 29.2 Å². The summed E-state index contributed by atoms with van der Waals surface area (Å²) in [6.07, 6.45) is 0.187. The molecule has 2 aromatic rings. The van der Waals surface area contributed by atoms with Crippen molar-refractivity contribution in [3.05, 3.63) is 48.0 Å². The molecule has 8 nitrogen and oxygen atoms in total. The number of anilines is 1. The Bertz CT molecular complexity index is 914. The first kappa shape index (κ1) is 20.0. The van der Waals surface area contributed by atoms with Crippen LogP contribution in [0.2, 0.25) is 0 Å². The van der Waals surface area contributed by atoms with Gasteiger partial charge in [-0.25, -0.2) is 0 Å². The molecule has 2 amide bonds. The molecule has 0 radical (unpaired) electrons. The van der Waals surface area contributed by atoms with E-state index in [2.05, 4.69) is 5.32 Å². The molecule has 2 aromatic carbocycles. The summed E-state index contributed by atoms with van der Waals surface area (Å²) < 4.78 is 21.2. The standard InChI is InChI=1S/C22H24N2O6/c1-27-8-9-28-18-5-2-15(3-6-18)12-23-22(26)16-10-21(25)24(13-16)17-4-7-19-20(11-17)30-14-29-19/h2-7,11,16H,8-10,12-14H2,1H3,(H,23,26). The van der Waals surface area contributed by atoms with Crippen molar-refractivity contribution in [2.24, 2.45) is 5.92 Å². The third kappa shape index (κ3) is 4.49. The van der Waals surface area contributed by atoms with Crippen molar-refractivity contribution in [3.63, 3.8) is 0 Å². The van der Waals surface area contributed by atoms with Gasteiger partial charge in [-0.05, 0) is 29.8 Å². The maximum Gasteiger partial charge on any atom is 0.231 e. The first-order chi connectivity index (χ1) is 14.6. The van der Waals surface area contributed by atoms with Crippen molar-refractivity contribution < 1.29 is 28.5 Å². The van der Waals surface area contributed by atoms with Crippen molar-refractivity contribution in [2.45, 2.75) is 13.0 Å². The van der Waals surface area contributed by atoms with Crippen LogP contribution in [0.25, 0.3) is 0 Å². The van der Waals surface area contributed by atoms with E-state index in [1.165, 1.54) is 0 Å². The molecule has 0 bridgehead atoms. The lowest BCUT2D eigenvalue weighted by Gasteiger charge is -2.17. The van der Waals surface area contributed by atoms with E-state index < -0.39 is 0 Å². The van der Waals surface area contributed by atoms with E-state index in [1.807, 2.05) is 30.3 Å². The fourth-order valence-corrected chi connectivity index (χ4v) is 3.47. The van der Waals surface area contributed by atoms with Gasteiger partial charge in [-0.3, -0.25) is 9.59 Å². The van der Waals surface area contributed by atoms with Crippen molar-refractivity contribution in [2.75, 3.05) is 38.6 Å². The van der Waals surface area contributed by atoms with E-state index in [0.29, 0.717) is 43.5 Å². The molecule has 1 atom stereocenters. The lowest BCUT2D eigenvalue weighted by molar-refractivity contribution is -0.126. The van der Waals surface area contributed by atoms with Crippen LogP contribution in [0.1, 0.15) is 12.0 Å².